The normalized spacial score (nSPS) is 34.7. The molecule has 2 fully saturated rings. The van der Waals surface area contributed by atoms with Crippen molar-refractivity contribution in [2.24, 2.45) is 17.1 Å². The molecule has 0 spiro atoms. The minimum absolute atomic E-state index is 0.297. The Morgan fingerprint density at radius 1 is 1.21 bits per heavy atom. The van der Waals surface area contributed by atoms with Crippen molar-refractivity contribution in [2.45, 2.75) is 84.2 Å². The van der Waals surface area contributed by atoms with Gasteiger partial charge in [-0.15, -0.1) is 0 Å². The summed E-state index contributed by atoms with van der Waals surface area (Å²) in [6.45, 7) is 11.7. The monoisotopic (exact) mass is 266 g/mol. The van der Waals surface area contributed by atoms with Crippen molar-refractivity contribution < 1.29 is 0 Å². The third-order valence-electron chi connectivity index (χ3n) is 5.68. The standard InChI is InChI=1S/C17H34N2/c1-5-6-11-19(15-7-8-15)17(13-18)10-9-16(3,4)12-14(17)2/h14-15H,5-13,18H2,1-4H3. The summed E-state index contributed by atoms with van der Waals surface area (Å²) in [6, 6.07) is 0.846. The fraction of sp³-hybridized carbons (Fsp3) is 1.00. The molecule has 0 radical (unpaired) electrons. The summed E-state index contributed by atoms with van der Waals surface area (Å²) in [7, 11) is 0. The van der Waals surface area contributed by atoms with Gasteiger partial charge in [-0.2, -0.15) is 0 Å². The summed E-state index contributed by atoms with van der Waals surface area (Å²) >= 11 is 0. The van der Waals surface area contributed by atoms with Crippen LogP contribution in [0, 0.1) is 11.3 Å². The van der Waals surface area contributed by atoms with Crippen LogP contribution < -0.4 is 5.73 Å². The van der Waals surface area contributed by atoms with Crippen LogP contribution in [-0.4, -0.2) is 29.6 Å². The second kappa shape index (κ2) is 5.73. The molecule has 2 nitrogen and oxygen atoms in total. The second-order valence-electron chi connectivity index (χ2n) is 7.86. The predicted molar refractivity (Wildman–Crippen MR) is 83.2 cm³/mol. The molecule has 0 aliphatic heterocycles. The summed E-state index contributed by atoms with van der Waals surface area (Å²) in [4.78, 5) is 2.83. The van der Waals surface area contributed by atoms with Gasteiger partial charge in [-0.1, -0.05) is 34.1 Å². The van der Waals surface area contributed by atoms with Crippen LogP contribution in [-0.2, 0) is 0 Å². The molecule has 0 saturated heterocycles. The quantitative estimate of drug-likeness (QED) is 0.792. The van der Waals surface area contributed by atoms with E-state index >= 15 is 0 Å². The lowest BCUT2D eigenvalue weighted by molar-refractivity contribution is -0.0283. The SMILES string of the molecule is CCCCN(C1CC1)C1(CN)CCC(C)(C)CC1C. The van der Waals surface area contributed by atoms with E-state index < -0.39 is 0 Å². The van der Waals surface area contributed by atoms with E-state index in [1.54, 1.807) is 0 Å². The zero-order valence-corrected chi connectivity index (χ0v) is 13.5. The van der Waals surface area contributed by atoms with Crippen LogP contribution >= 0.6 is 0 Å². The van der Waals surface area contributed by atoms with Crippen LogP contribution in [0.4, 0.5) is 0 Å². The van der Waals surface area contributed by atoms with Gasteiger partial charge in [0.1, 0.15) is 0 Å². The number of nitrogens with zero attached hydrogens (tertiary/aromatic N) is 1. The van der Waals surface area contributed by atoms with Crippen molar-refractivity contribution in [2.75, 3.05) is 13.1 Å². The summed E-state index contributed by atoms with van der Waals surface area (Å²) in [5, 5.41) is 0. The van der Waals surface area contributed by atoms with Gasteiger partial charge < -0.3 is 5.73 Å². The summed E-state index contributed by atoms with van der Waals surface area (Å²) in [5.74, 6) is 0.735. The molecule has 0 aromatic rings. The third kappa shape index (κ3) is 3.16. The molecular weight excluding hydrogens is 232 g/mol. The maximum atomic E-state index is 6.31. The highest BCUT2D eigenvalue weighted by Gasteiger charge is 2.50. The average molecular weight is 266 g/mol. The van der Waals surface area contributed by atoms with Gasteiger partial charge in [0.15, 0.2) is 0 Å². The molecule has 0 heterocycles. The Morgan fingerprint density at radius 3 is 2.37 bits per heavy atom. The van der Waals surface area contributed by atoms with Gasteiger partial charge >= 0.3 is 0 Å². The van der Waals surface area contributed by atoms with Gasteiger partial charge in [-0.3, -0.25) is 4.90 Å². The number of nitrogens with two attached hydrogens (primary N) is 1. The Balaban J connectivity index is 2.15. The van der Waals surface area contributed by atoms with Crippen LogP contribution in [0.5, 0.6) is 0 Å². The maximum Gasteiger partial charge on any atom is 0.0360 e. The largest absolute Gasteiger partial charge is 0.329 e. The van der Waals surface area contributed by atoms with Crippen molar-refractivity contribution in [3.05, 3.63) is 0 Å². The molecule has 2 rings (SSSR count). The lowest BCUT2D eigenvalue weighted by Gasteiger charge is -2.54. The van der Waals surface area contributed by atoms with E-state index in [2.05, 4.69) is 32.6 Å². The number of hydrogen-bond acceptors (Lipinski definition) is 2. The Kier molecular flexibility index (Phi) is 4.62. The van der Waals surface area contributed by atoms with Gasteiger partial charge in [0.05, 0.1) is 0 Å². The molecule has 2 N–H and O–H groups in total. The van der Waals surface area contributed by atoms with Crippen LogP contribution in [0.15, 0.2) is 0 Å². The number of rotatable bonds is 6. The van der Waals surface area contributed by atoms with E-state index in [1.807, 2.05) is 0 Å². The molecule has 0 aromatic carbocycles. The highest BCUT2D eigenvalue weighted by molar-refractivity contribution is 5.05. The highest BCUT2D eigenvalue weighted by Crippen LogP contribution is 2.49. The lowest BCUT2D eigenvalue weighted by Crippen LogP contribution is -2.61. The van der Waals surface area contributed by atoms with Crippen LogP contribution in [0.2, 0.25) is 0 Å². The van der Waals surface area contributed by atoms with Crippen molar-refractivity contribution in [1.29, 1.82) is 0 Å². The molecule has 2 atom stereocenters. The molecule has 19 heavy (non-hydrogen) atoms. The molecule has 0 aromatic heterocycles. The summed E-state index contributed by atoms with van der Waals surface area (Å²) < 4.78 is 0. The van der Waals surface area contributed by atoms with Crippen molar-refractivity contribution in [1.82, 2.24) is 4.90 Å². The van der Waals surface area contributed by atoms with Gasteiger partial charge in [-0.05, 0) is 56.4 Å². The summed E-state index contributed by atoms with van der Waals surface area (Å²) in [5.41, 5.74) is 7.12. The van der Waals surface area contributed by atoms with E-state index in [0.717, 1.165) is 18.5 Å². The molecule has 112 valence electrons. The molecule has 0 bridgehead atoms. The molecule has 2 aliphatic carbocycles. The maximum absolute atomic E-state index is 6.31. The van der Waals surface area contributed by atoms with E-state index in [0.29, 0.717) is 11.0 Å². The fourth-order valence-electron chi connectivity index (χ4n) is 4.25. The van der Waals surface area contributed by atoms with Crippen molar-refractivity contribution in [3.8, 4) is 0 Å². The molecule has 2 saturated carbocycles. The Hall–Kier alpha value is -0.0800. The summed E-state index contributed by atoms with van der Waals surface area (Å²) in [6.07, 6.45) is 9.41. The van der Waals surface area contributed by atoms with Gasteiger partial charge in [0.2, 0.25) is 0 Å². The van der Waals surface area contributed by atoms with Gasteiger partial charge in [0, 0.05) is 18.1 Å². The first-order valence-electron chi connectivity index (χ1n) is 8.42. The van der Waals surface area contributed by atoms with Gasteiger partial charge in [0.25, 0.3) is 0 Å². The van der Waals surface area contributed by atoms with E-state index in [4.69, 9.17) is 5.73 Å². The predicted octanol–water partition coefficient (Wildman–Crippen LogP) is 3.79. The smallest absolute Gasteiger partial charge is 0.0360 e. The first-order chi connectivity index (χ1) is 8.95. The first kappa shape index (κ1) is 15.3. The van der Waals surface area contributed by atoms with E-state index in [-0.39, 0.29) is 0 Å². The second-order valence-corrected chi connectivity index (χ2v) is 7.86. The van der Waals surface area contributed by atoms with Crippen LogP contribution in [0.25, 0.3) is 0 Å². The fourth-order valence-corrected chi connectivity index (χ4v) is 4.25. The van der Waals surface area contributed by atoms with Gasteiger partial charge in [-0.25, -0.2) is 0 Å². The minimum Gasteiger partial charge on any atom is -0.329 e. The molecule has 0 amide bonds. The van der Waals surface area contributed by atoms with Crippen LogP contribution in [0.1, 0.15) is 72.6 Å². The Morgan fingerprint density at radius 2 is 1.89 bits per heavy atom. The molecule has 2 heteroatoms. The minimum atomic E-state index is 0.297. The van der Waals surface area contributed by atoms with Crippen molar-refractivity contribution in [3.63, 3.8) is 0 Å². The Labute approximate surface area is 120 Å². The van der Waals surface area contributed by atoms with Crippen LogP contribution in [0.3, 0.4) is 0 Å². The highest BCUT2D eigenvalue weighted by atomic mass is 15.3. The molecular formula is C17H34N2. The Bertz CT molecular complexity index is 296. The zero-order valence-electron chi connectivity index (χ0n) is 13.5. The first-order valence-corrected chi connectivity index (χ1v) is 8.42. The zero-order chi connectivity index (χ0) is 14.1. The average Bonchev–Trinajstić information content (AvgIpc) is 3.16. The third-order valence-corrected chi connectivity index (χ3v) is 5.68. The lowest BCUT2D eigenvalue weighted by atomic mass is 9.63. The topological polar surface area (TPSA) is 29.3 Å². The number of hydrogen-bond donors (Lipinski definition) is 1. The number of unbranched alkanes of at least 4 members (excludes halogenated alkanes) is 1. The molecule has 2 unspecified atom stereocenters. The molecule has 2 aliphatic rings. The van der Waals surface area contributed by atoms with E-state index in [9.17, 15) is 0 Å². The van der Waals surface area contributed by atoms with E-state index in [1.165, 1.54) is 51.5 Å². The van der Waals surface area contributed by atoms with Crippen molar-refractivity contribution >= 4 is 0 Å².